The van der Waals surface area contributed by atoms with Gasteiger partial charge in [0.25, 0.3) is 0 Å². The summed E-state index contributed by atoms with van der Waals surface area (Å²) in [4.78, 5) is 12.0. The number of benzene rings is 2. The summed E-state index contributed by atoms with van der Waals surface area (Å²) in [5.41, 5.74) is 2.27. The number of ether oxygens (including phenoxy) is 1. The van der Waals surface area contributed by atoms with Crippen LogP contribution in [0.5, 0.6) is 5.75 Å². The fourth-order valence-electron chi connectivity index (χ4n) is 2.25. The van der Waals surface area contributed by atoms with Gasteiger partial charge in [-0.05, 0) is 49.2 Å². The third kappa shape index (κ3) is 6.42. The van der Waals surface area contributed by atoms with Crippen LogP contribution in [0.25, 0.3) is 0 Å². The van der Waals surface area contributed by atoms with Gasteiger partial charge < -0.3 is 10.1 Å². The van der Waals surface area contributed by atoms with E-state index in [1.165, 1.54) is 0 Å². The first-order valence-electron chi connectivity index (χ1n) is 8.49. The van der Waals surface area contributed by atoms with Crippen molar-refractivity contribution in [1.29, 1.82) is 5.26 Å². The number of carbonyl (C=O) groups is 1. The van der Waals surface area contributed by atoms with E-state index < -0.39 is 26.7 Å². The van der Waals surface area contributed by atoms with Crippen LogP contribution in [0.4, 0.5) is 5.69 Å². The van der Waals surface area contributed by atoms with Gasteiger partial charge in [-0.3, -0.25) is 4.79 Å². The zero-order valence-corrected chi connectivity index (χ0v) is 16.1. The summed E-state index contributed by atoms with van der Waals surface area (Å²) < 4.78 is 29.4. The highest BCUT2D eigenvalue weighted by Crippen LogP contribution is 2.17. The first-order chi connectivity index (χ1) is 12.8. The van der Waals surface area contributed by atoms with Gasteiger partial charge in [-0.2, -0.15) is 5.26 Å². The Morgan fingerprint density at radius 3 is 2.48 bits per heavy atom. The Hall–Kier alpha value is -2.85. The molecule has 0 aliphatic carbocycles. The van der Waals surface area contributed by atoms with E-state index in [4.69, 9.17) is 10.00 Å². The summed E-state index contributed by atoms with van der Waals surface area (Å²) in [6.07, 6.45) is 0.356. The summed E-state index contributed by atoms with van der Waals surface area (Å²) in [5.74, 6) is -0.426. The fourth-order valence-corrected chi connectivity index (χ4v) is 3.02. The van der Waals surface area contributed by atoms with Crippen molar-refractivity contribution >= 4 is 21.4 Å². The van der Waals surface area contributed by atoms with Gasteiger partial charge in [0.1, 0.15) is 18.1 Å². The van der Waals surface area contributed by atoms with Gasteiger partial charge in [0, 0.05) is 5.69 Å². The van der Waals surface area contributed by atoms with Crippen LogP contribution in [0.3, 0.4) is 0 Å². The molecular formula is C20H22N2O4S. The quantitative estimate of drug-likeness (QED) is 0.752. The molecule has 2 aromatic rings. The first kappa shape index (κ1) is 20.5. The molecule has 0 aliphatic rings. The number of nitrogens with one attached hydrogen (secondary N) is 1. The molecule has 0 spiro atoms. The number of sulfone groups is 1. The smallest absolute Gasteiger partial charge is 0.239 e. The first-order valence-corrected chi connectivity index (χ1v) is 10.2. The van der Waals surface area contributed by atoms with E-state index in [0.717, 1.165) is 11.1 Å². The molecule has 0 radical (unpaired) electrons. The molecule has 1 amide bonds. The maximum absolute atomic E-state index is 12.0. The van der Waals surface area contributed by atoms with Crippen molar-refractivity contribution in [3.8, 4) is 11.8 Å². The standard InChI is InChI=1S/C20H22N2O4S/c1-15(2)27(24,25)14-20(23)22-18-5-3-4-17(12-18)13-26-19-8-6-16(7-9-19)10-11-21/h3-9,12,15H,10,13-14H2,1-2H3,(H,22,23). The lowest BCUT2D eigenvalue weighted by atomic mass is 10.1. The topological polar surface area (TPSA) is 96.3 Å². The van der Waals surface area contributed by atoms with E-state index in [2.05, 4.69) is 11.4 Å². The second-order valence-corrected chi connectivity index (χ2v) is 8.93. The lowest BCUT2D eigenvalue weighted by Crippen LogP contribution is -2.27. The monoisotopic (exact) mass is 386 g/mol. The molecule has 0 atom stereocenters. The molecule has 27 heavy (non-hydrogen) atoms. The van der Waals surface area contributed by atoms with E-state index in [0.29, 0.717) is 24.5 Å². The maximum atomic E-state index is 12.0. The fraction of sp³-hybridized carbons (Fsp3) is 0.300. The molecule has 6 nitrogen and oxygen atoms in total. The molecule has 0 fully saturated rings. The number of carbonyl (C=O) groups excluding carboxylic acids is 1. The molecule has 0 unspecified atom stereocenters. The number of anilines is 1. The number of hydrogen-bond donors (Lipinski definition) is 1. The highest BCUT2D eigenvalue weighted by molar-refractivity contribution is 7.92. The summed E-state index contributed by atoms with van der Waals surface area (Å²) >= 11 is 0. The Morgan fingerprint density at radius 2 is 1.85 bits per heavy atom. The van der Waals surface area contributed by atoms with Crippen molar-refractivity contribution in [2.24, 2.45) is 0 Å². The SMILES string of the molecule is CC(C)S(=O)(=O)CC(=O)Nc1cccc(COc2ccc(CC#N)cc2)c1. The van der Waals surface area contributed by atoms with Crippen LogP contribution >= 0.6 is 0 Å². The van der Waals surface area contributed by atoms with Gasteiger partial charge in [0.05, 0.1) is 17.7 Å². The molecule has 2 aromatic carbocycles. The highest BCUT2D eigenvalue weighted by Gasteiger charge is 2.20. The highest BCUT2D eigenvalue weighted by atomic mass is 32.2. The molecule has 7 heteroatoms. The van der Waals surface area contributed by atoms with Crippen molar-refractivity contribution < 1.29 is 17.9 Å². The molecule has 2 rings (SSSR count). The van der Waals surface area contributed by atoms with Crippen LogP contribution in [-0.2, 0) is 27.7 Å². The Bertz CT molecular complexity index is 929. The second kappa shape index (κ2) is 9.19. The minimum atomic E-state index is -3.44. The van der Waals surface area contributed by atoms with Crippen LogP contribution in [0.15, 0.2) is 48.5 Å². The molecule has 1 N–H and O–H groups in total. The third-order valence-electron chi connectivity index (χ3n) is 3.87. The van der Waals surface area contributed by atoms with Crippen LogP contribution in [-0.4, -0.2) is 25.3 Å². The summed E-state index contributed by atoms with van der Waals surface area (Å²) in [6, 6.07) is 16.4. The maximum Gasteiger partial charge on any atom is 0.239 e. The predicted octanol–water partition coefficient (Wildman–Crippen LogP) is 3.09. The lowest BCUT2D eigenvalue weighted by Gasteiger charge is -2.10. The van der Waals surface area contributed by atoms with Crippen molar-refractivity contribution in [2.75, 3.05) is 11.1 Å². The van der Waals surface area contributed by atoms with Gasteiger partial charge in [-0.15, -0.1) is 0 Å². The number of rotatable bonds is 8. The van der Waals surface area contributed by atoms with E-state index in [-0.39, 0.29) is 0 Å². The van der Waals surface area contributed by atoms with E-state index in [1.54, 1.807) is 44.2 Å². The van der Waals surface area contributed by atoms with Gasteiger partial charge in [0.15, 0.2) is 9.84 Å². The molecule has 142 valence electrons. The van der Waals surface area contributed by atoms with Crippen molar-refractivity contribution in [3.63, 3.8) is 0 Å². The van der Waals surface area contributed by atoms with E-state index in [1.807, 2.05) is 18.2 Å². The van der Waals surface area contributed by atoms with E-state index in [9.17, 15) is 13.2 Å². The Kier molecular flexibility index (Phi) is 6.97. The number of amides is 1. The number of nitrogens with zero attached hydrogens (tertiary/aromatic N) is 1. The zero-order chi connectivity index (χ0) is 19.9. The Morgan fingerprint density at radius 1 is 1.15 bits per heavy atom. The molecular weight excluding hydrogens is 364 g/mol. The van der Waals surface area contributed by atoms with Crippen molar-refractivity contribution in [1.82, 2.24) is 0 Å². The van der Waals surface area contributed by atoms with Gasteiger partial charge in [-0.25, -0.2) is 8.42 Å². The number of nitriles is 1. The van der Waals surface area contributed by atoms with Gasteiger partial charge in [-0.1, -0.05) is 24.3 Å². The Balaban J connectivity index is 1.95. The molecule has 0 heterocycles. The zero-order valence-electron chi connectivity index (χ0n) is 15.3. The molecule has 0 aliphatic heterocycles. The van der Waals surface area contributed by atoms with Crippen LogP contribution < -0.4 is 10.1 Å². The van der Waals surface area contributed by atoms with E-state index >= 15 is 0 Å². The average molecular weight is 386 g/mol. The molecule has 0 bridgehead atoms. The number of hydrogen-bond acceptors (Lipinski definition) is 5. The Labute approximate surface area is 159 Å². The van der Waals surface area contributed by atoms with Crippen LogP contribution in [0.1, 0.15) is 25.0 Å². The minimum Gasteiger partial charge on any atom is -0.489 e. The summed E-state index contributed by atoms with van der Waals surface area (Å²) in [6.45, 7) is 3.40. The summed E-state index contributed by atoms with van der Waals surface area (Å²) in [5, 5.41) is 10.7. The van der Waals surface area contributed by atoms with Crippen LogP contribution in [0.2, 0.25) is 0 Å². The molecule has 0 saturated heterocycles. The molecule has 0 saturated carbocycles. The van der Waals surface area contributed by atoms with Crippen LogP contribution in [0, 0.1) is 11.3 Å². The lowest BCUT2D eigenvalue weighted by molar-refractivity contribution is -0.113. The van der Waals surface area contributed by atoms with Crippen molar-refractivity contribution in [2.45, 2.75) is 32.1 Å². The van der Waals surface area contributed by atoms with Crippen molar-refractivity contribution in [3.05, 3.63) is 59.7 Å². The van der Waals surface area contributed by atoms with Gasteiger partial charge in [0.2, 0.25) is 5.91 Å². The predicted molar refractivity (Wildman–Crippen MR) is 104 cm³/mol. The normalized spacial score (nSPS) is 11.0. The molecule has 0 aromatic heterocycles. The second-order valence-electron chi connectivity index (χ2n) is 6.37. The summed E-state index contributed by atoms with van der Waals surface area (Å²) in [7, 11) is -3.44. The third-order valence-corrected chi connectivity index (χ3v) is 5.97. The average Bonchev–Trinajstić information content (AvgIpc) is 2.61. The largest absolute Gasteiger partial charge is 0.489 e. The minimum absolute atomic E-state index is 0.297. The van der Waals surface area contributed by atoms with Gasteiger partial charge >= 0.3 is 0 Å².